The number of hydrogen-bond donors (Lipinski definition) is 1. The molecule has 0 spiro atoms. The normalized spacial score (nSPS) is 15.0. The molecular formula is C14H13F2N3O2S. The molecule has 0 unspecified atom stereocenters. The maximum absolute atomic E-state index is 12.3. The predicted molar refractivity (Wildman–Crippen MR) is 78.6 cm³/mol. The van der Waals surface area contributed by atoms with Gasteiger partial charge in [0.1, 0.15) is 0 Å². The summed E-state index contributed by atoms with van der Waals surface area (Å²) in [5.41, 5.74) is 1.25. The fourth-order valence-corrected chi connectivity index (χ4v) is 2.71. The lowest BCUT2D eigenvalue weighted by molar-refractivity contribution is -0.189. The minimum Gasteiger partial charge on any atom is -0.333 e. The topological polar surface area (TPSA) is 54.5 Å². The summed E-state index contributed by atoms with van der Waals surface area (Å²) in [6, 6.07) is 6.99. The quantitative estimate of drug-likeness (QED) is 0.918. The molecule has 0 bridgehead atoms. The largest absolute Gasteiger partial charge is 0.345 e. The van der Waals surface area contributed by atoms with E-state index >= 15 is 0 Å². The molecule has 2 heterocycles. The average molecular weight is 325 g/mol. The minimum atomic E-state index is -2.80. The van der Waals surface area contributed by atoms with Gasteiger partial charge in [0.15, 0.2) is 5.13 Å². The molecule has 1 aliphatic rings. The number of thiazole rings is 1. The van der Waals surface area contributed by atoms with Crippen molar-refractivity contribution in [3.63, 3.8) is 0 Å². The smallest absolute Gasteiger partial charge is 0.333 e. The summed E-state index contributed by atoms with van der Waals surface area (Å²) in [7, 11) is 0. The highest BCUT2D eigenvalue weighted by Gasteiger charge is 2.33. The van der Waals surface area contributed by atoms with Gasteiger partial charge in [-0.2, -0.15) is 8.78 Å². The van der Waals surface area contributed by atoms with Crippen LogP contribution in [0.5, 0.6) is 0 Å². The second-order valence-corrected chi connectivity index (χ2v) is 5.67. The van der Waals surface area contributed by atoms with E-state index in [0.717, 1.165) is 10.8 Å². The highest BCUT2D eigenvalue weighted by molar-refractivity contribution is 7.13. The summed E-state index contributed by atoms with van der Waals surface area (Å²) in [5, 5.41) is 5.68. The third-order valence-corrected chi connectivity index (χ3v) is 3.91. The highest BCUT2D eigenvalue weighted by atomic mass is 32.1. The first-order valence-corrected chi connectivity index (χ1v) is 7.49. The van der Waals surface area contributed by atoms with Crippen LogP contribution in [-0.4, -0.2) is 41.6 Å². The van der Waals surface area contributed by atoms with Gasteiger partial charge in [0.25, 0.3) is 5.91 Å². The molecule has 0 saturated carbocycles. The molecule has 1 fully saturated rings. The number of alkyl halides is 2. The molecule has 1 amide bonds. The number of nitrogens with zero attached hydrogens (tertiary/aromatic N) is 2. The molecular weight excluding hydrogens is 312 g/mol. The van der Waals surface area contributed by atoms with Crippen LogP contribution in [0.15, 0.2) is 35.8 Å². The van der Waals surface area contributed by atoms with Crippen molar-refractivity contribution in [2.45, 2.75) is 12.7 Å². The van der Waals surface area contributed by atoms with Gasteiger partial charge in [0.05, 0.1) is 6.10 Å². The lowest BCUT2D eigenvalue weighted by Crippen LogP contribution is -2.55. The van der Waals surface area contributed by atoms with E-state index in [9.17, 15) is 13.6 Å². The van der Waals surface area contributed by atoms with Crippen LogP contribution in [0.2, 0.25) is 0 Å². The van der Waals surface area contributed by atoms with Crippen molar-refractivity contribution in [1.82, 2.24) is 9.88 Å². The standard InChI is InChI=1S/C14H13F2N3O2S/c15-13(16)21-11-7-19(8-11)12(20)9-2-1-3-10(6-9)18-14-17-4-5-22-14/h1-6,11,13H,7-8H2,(H,17,18). The molecule has 0 aliphatic carbocycles. The number of anilines is 2. The number of benzene rings is 1. The van der Waals surface area contributed by atoms with Gasteiger partial charge in [-0.1, -0.05) is 6.07 Å². The maximum atomic E-state index is 12.3. The number of carbonyl (C=O) groups excluding carboxylic acids is 1. The van der Waals surface area contributed by atoms with E-state index in [-0.39, 0.29) is 19.0 Å². The molecule has 1 saturated heterocycles. The van der Waals surface area contributed by atoms with Crippen LogP contribution >= 0.6 is 11.3 Å². The van der Waals surface area contributed by atoms with Crippen molar-refractivity contribution in [2.24, 2.45) is 0 Å². The number of halogens is 2. The lowest BCUT2D eigenvalue weighted by Gasteiger charge is -2.38. The van der Waals surface area contributed by atoms with Gasteiger partial charge in [-0.3, -0.25) is 4.79 Å². The fraction of sp³-hybridized carbons (Fsp3) is 0.286. The first kappa shape index (κ1) is 14.9. The molecule has 1 N–H and O–H groups in total. The summed E-state index contributed by atoms with van der Waals surface area (Å²) in [6.07, 6.45) is 1.10. The molecule has 5 nitrogen and oxygen atoms in total. The number of rotatable bonds is 5. The Bertz CT molecular complexity index is 645. The van der Waals surface area contributed by atoms with Crippen molar-refractivity contribution in [1.29, 1.82) is 0 Å². The van der Waals surface area contributed by atoms with E-state index in [1.165, 1.54) is 16.2 Å². The SMILES string of the molecule is O=C(c1cccc(Nc2nccs2)c1)N1CC(OC(F)F)C1. The molecule has 116 valence electrons. The Kier molecular flexibility index (Phi) is 4.30. The monoisotopic (exact) mass is 325 g/mol. The minimum absolute atomic E-state index is 0.188. The van der Waals surface area contributed by atoms with Crippen molar-refractivity contribution < 1.29 is 18.3 Å². The molecule has 0 radical (unpaired) electrons. The van der Waals surface area contributed by atoms with Gasteiger partial charge >= 0.3 is 6.61 Å². The lowest BCUT2D eigenvalue weighted by atomic mass is 10.1. The van der Waals surface area contributed by atoms with Crippen LogP contribution in [0.4, 0.5) is 19.6 Å². The number of likely N-dealkylation sites (tertiary alicyclic amines) is 1. The third-order valence-electron chi connectivity index (χ3n) is 3.22. The van der Waals surface area contributed by atoms with Gasteiger partial charge in [0, 0.05) is 35.9 Å². The molecule has 2 aromatic rings. The summed E-state index contributed by atoms with van der Waals surface area (Å²) in [6.45, 7) is -2.42. The van der Waals surface area contributed by atoms with Gasteiger partial charge in [0.2, 0.25) is 0 Å². The Hall–Kier alpha value is -2.06. The Morgan fingerprint density at radius 1 is 1.45 bits per heavy atom. The van der Waals surface area contributed by atoms with Crippen LogP contribution in [0.1, 0.15) is 10.4 Å². The number of carbonyl (C=O) groups is 1. The van der Waals surface area contributed by atoms with Crippen LogP contribution in [0.25, 0.3) is 0 Å². The summed E-state index contributed by atoms with van der Waals surface area (Å²) < 4.78 is 28.5. The van der Waals surface area contributed by atoms with Gasteiger partial charge in [-0.05, 0) is 18.2 Å². The van der Waals surface area contributed by atoms with Gasteiger partial charge in [-0.15, -0.1) is 11.3 Å². The first-order chi connectivity index (χ1) is 10.6. The molecule has 0 atom stereocenters. The second-order valence-electron chi connectivity index (χ2n) is 4.77. The van der Waals surface area contributed by atoms with E-state index in [2.05, 4.69) is 15.0 Å². The van der Waals surface area contributed by atoms with E-state index in [1.807, 2.05) is 11.4 Å². The van der Waals surface area contributed by atoms with E-state index < -0.39 is 12.7 Å². The third kappa shape index (κ3) is 3.40. The van der Waals surface area contributed by atoms with E-state index in [1.54, 1.807) is 24.4 Å². The van der Waals surface area contributed by atoms with E-state index in [4.69, 9.17) is 0 Å². The molecule has 1 aromatic carbocycles. The average Bonchev–Trinajstić information content (AvgIpc) is 2.94. The van der Waals surface area contributed by atoms with Crippen molar-refractivity contribution >= 4 is 28.1 Å². The fourth-order valence-electron chi connectivity index (χ4n) is 2.16. The summed E-state index contributed by atoms with van der Waals surface area (Å²) >= 11 is 1.45. The molecule has 8 heteroatoms. The zero-order valence-electron chi connectivity index (χ0n) is 11.4. The molecule has 22 heavy (non-hydrogen) atoms. The number of ether oxygens (including phenoxy) is 1. The maximum Gasteiger partial charge on any atom is 0.345 e. The summed E-state index contributed by atoms with van der Waals surface area (Å²) in [5.74, 6) is -0.197. The molecule has 3 rings (SSSR count). The predicted octanol–water partition coefficient (Wildman–Crippen LogP) is 2.95. The number of amides is 1. The number of aromatic nitrogens is 1. The first-order valence-electron chi connectivity index (χ1n) is 6.61. The zero-order chi connectivity index (χ0) is 15.5. The van der Waals surface area contributed by atoms with Crippen LogP contribution in [0, 0.1) is 0 Å². The van der Waals surface area contributed by atoms with Crippen LogP contribution < -0.4 is 5.32 Å². The van der Waals surface area contributed by atoms with Crippen molar-refractivity contribution in [3.05, 3.63) is 41.4 Å². The Morgan fingerprint density at radius 2 is 2.27 bits per heavy atom. The Labute approximate surface area is 129 Å². The van der Waals surface area contributed by atoms with Crippen LogP contribution in [-0.2, 0) is 4.74 Å². The van der Waals surface area contributed by atoms with Crippen molar-refractivity contribution in [3.8, 4) is 0 Å². The van der Waals surface area contributed by atoms with Gasteiger partial charge < -0.3 is 15.0 Å². The number of nitrogens with one attached hydrogen (secondary N) is 1. The van der Waals surface area contributed by atoms with Crippen molar-refractivity contribution in [2.75, 3.05) is 18.4 Å². The van der Waals surface area contributed by atoms with Crippen LogP contribution in [0.3, 0.4) is 0 Å². The Morgan fingerprint density at radius 3 is 2.95 bits per heavy atom. The molecule has 1 aromatic heterocycles. The van der Waals surface area contributed by atoms with E-state index in [0.29, 0.717) is 5.56 Å². The number of hydrogen-bond acceptors (Lipinski definition) is 5. The Balaban J connectivity index is 1.62. The highest BCUT2D eigenvalue weighted by Crippen LogP contribution is 2.22. The van der Waals surface area contributed by atoms with Gasteiger partial charge in [-0.25, -0.2) is 4.98 Å². The molecule has 1 aliphatic heterocycles. The zero-order valence-corrected chi connectivity index (χ0v) is 12.2. The summed E-state index contributed by atoms with van der Waals surface area (Å²) in [4.78, 5) is 17.8. The second kappa shape index (κ2) is 6.37.